The van der Waals surface area contributed by atoms with Crippen molar-refractivity contribution in [3.05, 3.63) is 0 Å². The maximum Gasteiger partial charge on any atom is 0.335 e. The molecule has 1 saturated heterocycles. The van der Waals surface area contributed by atoms with E-state index in [1.165, 1.54) is 6.92 Å². The molecule has 0 amide bonds. The number of aliphatic carboxylic acids is 2. The molecule has 0 aliphatic carbocycles. The molecule has 92 valence electrons. The van der Waals surface area contributed by atoms with Crippen molar-refractivity contribution in [2.45, 2.75) is 37.6 Å². The lowest BCUT2D eigenvalue weighted by Gasteiger charge is -2.21. The third-order valence-electron chi connectivity index (χ3n) is 2.15. The zero-order chi connectivity index (χ0) is 12.5. The third kappa shape index (κ3) is 2.47. The third-order valence-corrected chi connectivity index (χ3v) is 2.15. The molecule has 0 bridgehead atoms. The predicted molar refractivity (Wildman–Crippen MR) is 46.5 cm³/mol. The standard InChI is InChI=1S/C8H12O8/c1-2-15-5(3(9)7(11)12)6(16-2)4(10)8(13)14/h2-6,9-10H,1H3,(H,11,12)(H,13,14)/t2?,3-,4+,5-,6+. The molecule has 8 nitrogen and oxygen atoms in total. The molecule has 1 heterocycles. The number of aliphatic hydroxyl groups is 2. The summed E-state index contributed by atoms with van der Waals surface area (Å²) in [4.78, 5) is 21.0. The second kappa shape index (κ2) is 4.74. The molecule has 1 unspecified atom stereocenters. The molecule has 0 saturated carbocycles. The summed E-state index contributed by atoms with van der Waals surface area (Å²) in [6, 6.07) is 0. The van der Waals surface area contributed by atoms with Gasteiger partial charge in [0, 0.05) is 0 Å². The molecule has 1 aliphatic rings. The topological polar surface area (TPSA) is 134 Å². The minimum atomic E-state index is -1.95. The van der Waals surface area contributed by atoms with Crippen molar-refractivity contribution in [3.63, 3.8) is 0 Å². The van der Waals surface area contributed by atoms with Crippen molar-refractivity contribution in [2.24, 2.45) is 0 Å². The van der Waals surface area contributed by atoms with Crippen molar-refractivity contribution in [1.82, 2.24) is 0 Å². The van der Waals surface area contributed by atoms with Crippen molar-refractivity contribution < 1.29 is 39.5 Å². The lowest BCUT2D eigenvalue weighted by Crippen LogP contribution is -2.48. The molecule has 0 radical (unpaired) electrons. The molecular formula is C8H12O8. The molecule has 1 rings (SSSR count). The summed E-state index contributed by atoms with van der Waals surface area (Å²) in [6.45, 7) is 1.40. The van der Waals surface area contributed by atoms with Crippen LogP contribution in [0.3, 0.4) is 0 Å². The highest BCUT2D eigenvalue weighted by atomic mass is 16.7. The van der Waals surface area contributed by atoms with Crippen molar-refractivity contribution >= 4 is 11.9 Å². The van der Waals surface area contributed by atoms with Gasteiger partial charge in [0.1, 0.15) is 12.2 Å². The van der Waals surface area contributed by atoms with E-state index in [0.717, 1.165) is 0 Å². The fourth-order valence-corrected chi connectivity index (χ4v) is 1.42. The maximum atomic E-state index is 10.5. The zero-order valence-corrected chi connectivity index (χ0v) is 8.31. The van der Waals surface area contributed by atoms with E-state index >= 15 is 0 Å². The molecule has 1 fully saturated rings. The summed E-state index contributed by atoms with van der Waals surface area (Å²) >= 11 is 0. The van der Waals surface area contributed by atoms with Crippen LogP contribution in [0.15, 0.2) is 0 Å². The number of hydrogen-bond donors (Lipinski definition) is 4. The van der Waals surface area contributed by atoms with Gasteiger partial charge >= 0.3 is 11.9 Å². The molecule has 5 atom stereocenters. The van der Waals surface area contributed by atoms with E-state index < -0.39 is 42.6 Å². The van der Waals surface area contributed by atoms with Gasteiger partial charge in [-0.2, -0.15) is 0 Å². The van der Waals surface area contributed by atoms with Gasteiger partial charge < -0.3 is 29.9 Å². The van der Waals surface area contributed by atoms with Gasteiger partial charge in [-0.05, 0) is 6.92 Å². The largest absolute Gasteiger partial charge is 0.479 e. The number of aliphatic hydroxyl groups excluding tert-OH is 2. The van der Waals surface area contributed by atoms with Crippen LogP contribution in [-0.2, 0) is 19.1 Å². The van der Waals surface area contributed by atoms with Crippen LogP contribution in [-0.4, -0.2) is 63.1 Å². The molecule has 0 aromatic rings. The highest BCUT2D eigenvalue weighted by Crippen LogP contribution is 2.24. The minimum Gasteiger partial charge on any atom is -0.479 e. The molecule has 0 aromatic carbocycles. The number of hydrogen-bond acceptors (Lipinski definition) is 6. The van der Waals surface area contributed by atoms with Crippen LogP contribution >= 0.6 is 0 Å². The van der Waals surface area contributed by atoms with Gasteiger partial charge in [0.25, 0.3) is 0 Å². The van der Waals surface area contributed by atoms with Gasteiger partial charge in [-0.1, -0.05) is 0 Å². The first kappa shape index (κ1) is 12.8. The Balaban J connectivity index is 2.81. The van der Waals surface area contributed by atoms with E-state index in [9.17, 15) is 19.8 Å². The molecule has 1 aliphatic heterocycles. The number of ether oxygens (including phenoxy) is 2. The molecule has 8 heteroatoms. The van der Waals surface area contributed by atoms with Gasteiger partial charge in [-0.3, -0.25) is 0 Å². The summed E-state index contributed by atoms with van der Waals surface area (Å²) in [5, 5.41) is 35.6. The number of carbonyl (C=O) groups is 2. The van der Waals surface area contributed by atoms with E-state index in [1.807, 2.05) is 0 Å². The summed E-state index contributed by atoms with van der Waals surface area (Å²) in [5.41, 5.74) is 0. The lowest BCUT2D eigenvalue weighted by molar-refractivity contribution is -0.161. The van der Waals surface area contributed by atoms with E-state index in [2.05, 4.69) is 0 Å². The van der Waals surface area contributed by atoms with Gasteiger partial charge in [0.15, 0.2) is 18.5 Å². The van der Waals surface area contributed by atoms with E-state index in [1.54, 1.807) is 0 Å². The van der Waals surface area contributed by atoms with Gasteiger partial charge in [0.05, 0.1) is 0 Å². The van der Waals surface area contributed by atoms with E-state index in [4.69, 9.17) is 19.7 Å². The Morgan fingerprint density at radius 2 is 1.31 bits per heavy atom. The first-order valence-electron chi connectivity index (χ1n) is 4.47. The van der Waals surface area contributed by atoms with Crippen molar-refractivity contribution in [1.29, 1.82) is 0 Å². The smallest absolute Gasteiger partial charge is 0.335 e. The van der Waals surface area contributed by atoms with Crippen LogP contribution in [0.1, 0.15) is 6.92 Å². The van der Waals surface area contributed by atoms with Gasteiger partial charge in [-0.25, -0.2) is 9.59 Å². The quantitative estimate of drug-likeness (QED) is 0.440. The summed E-state index contributed by atoms with van der Waals surface area (Å²) in [7, 11) is 0. The Morgan fingerprint density at radius 3 is 1.56 bits per heavy atom. The molecule has 0 aromatic heterocycles. The minimum absolute atomic E-state index is 0.891. The van der Waals surface area contributed by atoms with Crippen LogP contribution < -0.4 is 0 Å². The summed E-state index contributed by atoms with van der Waals surface area (Å²) in [6.07, 6.45) is -7.64. The average molecular weight is 236 g/mol. The van der Waals surface area contributed by atoms with Crippen LogP contribution in [0.2, 0.25) is 0 Å². The second-order valence-corrected chi connectivity index (χ2v) is 3.34. The first-order valence-corrected chi connectivity index (χ1v) is 4.47. The van der Waals surface area contributed by atoms with Crippen LogP contribution in [0.4, 0.5) is 0 Å². The van der Waals surface area contributed by atoms with Crippen LogP contribution in [0, 0.1) is 0 Å². The monoisotopic (exact) mass is 236 g/mol. The van der Waals surface area contributed by atoms with Crippen LogP contribution in [0.5, 0.6) is 0 Å². The zero-order valence-electron chi connectivity index (χ0n) is 8.31. The van der Waals surface area contributed by atoms with Crippen LogP contribution in [0.25, 0.3) is 0 Å². The second-order valence-electron chi connectivity index (χ2n) is 3.34. The highest BCUT2D eigenvalue weighted by Gasteiger charge is 2.47. The Labute approximate surface area is 90.0 Å². The number of carboxylic acids is 2. The summed E-state index contributed by atoms with van der Waals surface area (Å²) < 4.78 is 9.78. The van der Waals surface area contributed by atoms with Crippen molar-refractivity contribution in [3.8, 4) is 0 Å². The Morgan fingerprint density at radius 1 is 1.00 bits per heavy atom. The molecule has 16 heavy (non-hydrogen) atoms. The maximum absolute atomic E-state index is 10.5. The van der Waals surface area contributed by atoms with E-state index in [-0.39, 0.29) is 0 Å². The first-order chi connectivity index (χ1) is 7.34. The van der Waals surface area contributed by atoms with Gasteiger partial charge in [0.2, 0.25) is 0 Å². The fraction of sp³-hybridized carbons (Fsp3) is 0.750. The highest BCUT2D eigenvalue weighted by molar-refractivity contribution is 5.75. The Hall–Kier alpha value is -1.22. The Kier molecular flexibility index (Phi) is 3.81. The van der Waals surface area contributed by atoms with Crippen molar-refractivity contribution in [2.75, 3.05) is 0 Å². The SMILES string of the molecule is CC1O[C@@H]([C@H](O)C(=O)O)[C@@H]([C@@H](O)C(=O)O)O1. The van der Waals surface area contributed by atoms with E-state index in [0.29, 0.717) is 0 Å². The Bertz CT molecular complexity index is 262. The lowest BCUT2D eigenvalue weighted by atomic mass is 10.0. The molecular weight excluding hydrogens is 224 g/mol. The molecule has 0 spiro atoms. The fourth-order valence-electron chi connectivity index (χ4n) is 1.42. The summed E-state index contributed by atoms with van der Waals surface area (Å²) in [5.74, 6) is -3.16. The average Bonchev–Trinajstić information content (AvgIpc) is 2.57. The number of rotatable bonds is 4. The van der Waals surface area contributed by atoms with Gasteiger partial charge in [-0.15, -0.1) is 0 Å². The normalized spacial score (nSPS) is 33.3. The predicted octanol–water partition coefficient (Wildman–Crippen LogP) is -1.99. The number of carboxylic acid groups (broad SMARTS) is 2. The molecule has 4 N–H and O–H groups in total.